The van der Waals surface area contributed by atoms with Crippen LogP contribution in [0, 0.1) is 0 Å². The molecule has 2 amide bonds. The molecule has 0 saturated heterocycles. The second-order valence-corrected chi connectivity index (χ2v) is 7.42. The highest BCUT2D eigenvalue weighted by molar-refractivity contribution is 5.75. The SMILES string of the molecule is CC(NC(=O)NC(CN(C)C)c1ccccc1)c1ccc(-c2ccncc2)cc1. The number of benzene rings is 2. The molecule has 0 fully saturated rings. The molecule has 0 spiro atoms. The van der Waals surface area contributed by atoms with Crippen LogP contribution in [0.1, 0.15) is 30.1 Å². The number of nitrogens with zero attached hydrogens (tertiary/aromatic N) is 2. The fraction of sp³-hybridized carbons (Fsp3) is 0.250. The molecule has 150 valence electrons. The van der Waals surface area contributed by atoms with Crippen LogP contribution in [0.25, 0.3) is 11.1 Å². The van der Waals surface area contributed by atoms with Gasteiger partial charge in [-0.15, -0.1) is 0 Å². The van der Waals surface area contributed by atoms with E-state index in [0.29, 0.717) is 0 Å². The number of carbonyl (C=O) groups is 1. The van der Waals surface area contributed by atoms with Gasteiger partial charge in [-0.3, -0.25) is 4.98 Å². The molecule has 29 heavy (non-hydrogen) atoms. The quantitative estimate of drug-likeness (QED) is 0.630. The lowest BCUT2D eigenvalue weighted by Crippen LogP contribution is -2.42. The van der Waals surface area contributed by atoms with E-state index in [9.17, 15) is 4.79 Å². The first-order chi connectivity index (χ1) is 14.0. The van der Waals surface area contributed by atoms with Crippen molar-refractivity contribution in [1.82, 2.24) is 20.5 Å². The molecular weight excluding hydrogens is 360 g/mol. The van der Waals surface area contributed by atoms with Crippen LogP contribution in [-0.2, 0) is 0 Å². The first-order valence-electron chi connectivity index (χ1n) is 9.80. The minimum Gasteiger partial charge on any atom is -0.332 e. The van der Waals surface area contributed by atoms with Crippen molar-refractivity contribution in [2.24, 2.45) is 0 Å². The molecule has 0 bridgehead atoms. The van der Waals surface area contributed by atoms with Crippen LogP contribution in [0.2, 0.25) is 0 Å². The van der Waals surface area contributed by atoms with Gasteiger partial charge in [-0.25, -0.2) is 4.79 Å². The third kappa shape index (κ3) is 5.90. The van der Waals surface area contributed by atoms with Crippen molar-refractivity contribution in [3.05, 3.63) is 90.3 Å². The maximum Gasteiger partial charge on any atom is 0.315 e. The molecule has 0 aliphatic heterocycles. The van der Waals surface area contributed by atoms with Crippen LogP contribution in [-0.4, -0.2) is 36.6 Å². The van der Waals surface area contributed by atoms with E-state index in [1.165, 1.54) is 0 Å². The van der Waals surface area contributed by atoms with Gasteiger partial charge in [0.15, 0.2) is 0 Å². The lowest BCUT2D eigenvalue weighted by Gasteiger charge is -2.24. The van der Waals surface area contributed by atoms with E-state index in [1.54, 1.807) is 12.4 Å². The standard InChI is InChI=1S/C24H28N4O/c1-18(19-9-11-20(12-10-19)21-13-15-25-16-14-21)26-24(29)27-23(17-28(2)3)22-7-5-4-6-8-22/h4-16,18,23H,17H2,1-3H3,(H2,26,27,29). The first-order valence-corrected chi connectivity index (χ1v) is 9.80. The average molecular weight is 389 g/mol. The van der Waals surface area contributed by atoms with E-state index in [0.717, 1.165) is 28.8 Å². The lowest BCUT2D eigenvalue weighted by atomic mass is 10.0. The van der Waals surface area contributed by atoms with E-state index in [2.05, 4.69) is 44.8 Å². The first kappa shape index (κ1) is 20.6. The van der Waals surface area contributed by atoms with E-state index in [-0.39, 0.29) is 18.1 Å². The molecule has 5 heteroatoms. The summed E-state index contributed by atoms with van der Waals surface area (Å²) < 4.78 is 0. The van der Waals surface area contributed by atoms with E-state index >= 15 is 0 Å². The maximum absolute atomic E-state index is 12.6. The monoisotopic (exact) mass is 388 g/mol. The number of hydrogen-bond acceptors (Lipinski definition) is 3. The van der Waals surface area contributed by atoms with Crippen molar-refractivity contribution in [3.63, 3.8) is 0 Å². The fourth-order valence-corrected chi connectivity index (χ4v) is 3.27. The van der Waals surface area contributed by atoms with Gasteiger partial charge < -0.3 is 15.5 Å². The Kier molecular flexibility index (Phi) is 6.98. The fourth-order valence-electron chi connectivity index (χ4n) is 3.27. The van der Waals surface area contributed by atoms with Crippen LogP contribution in [0.4, 0.5) is 4.79 Å². The molecule has 1 aromatic heterocycles. The summed E-state index contributed by atoms with van der Waals surface area (Å²) in [7, 11) is 4.00. The minimum absolute atomic E-state index is 0.0764. The molecule has 2 atom stereocenters. The van der Waals surface area contributed by atoms with Crippen LogP contribution in [0.3, 0.4) is 0 Å². The summed E-state index contributed by atoms with van der Waals surface area (Å²) >= 11 is 0. The molecule has 0 aliphatic carbocycles. The van der Waals surface area contributed by atoms with Gasteiger partial charge in [0.05, 0.1) is 12.1 Å². The Morgan fingerprint density at radius 2 is 1.48 bits per heavy atom. The molecule has 2 aromatic carbocycles. The smallest absolute Gasteiger partial charge is 0.315 e. The van der Waals surface area contributed by atoms with Gasteiger partial charge in [-0.1, -0.05) is 54.6 Å². The van der Waals surface area contributed by atoms with Gasteiger partial charge in [-0.05, 0) is 55.4 Å². The van der Waals surface area contributed by atoms with E-state index in [4.69, 9.17) is 0 Å². The number of amides is 2. The van der Waals surface area contributed by atoms with Crippen molar-refractivity contribution in [1.29, 1.82) is 0 Å². The molecule has 0 aliphatic rings. The molecule has 0 radical (unpaired) electrons. The Balaban J connectivity index is 1.63. The second-order valence-electron chi connectivity index (χ2n) is 7.42. The zero-order valence-corrected chi connectivity index (χ0v) is 17.2. The van der Waals surface area contributed by atoms with Crippen LogP contribution in [0.5, 0.6) is 0 Å². The number of hydrogen-bond donors (Lipinski definition) is 2. The predicted octanol–water partition coefficient (Wildman–Crippen LogP) is 4.41. The van der Waals surface area contributed by atoms with Gasteiger partial charge in [0.2, 0.25) is 0 Å². The average Bonchev–Trinajstić information content (AvgIpc) is 2.74. The molecule has 3 aromatic rings. The number of rotatable bonds is 7. The Labute approximate surface area is 172 Å². The number of likely N-dealkylation sites (N-methyl/N-ethyl adjacent to an activating group) is 1. The Morgan fingerprint density at radius 1 is 0.862 bits per heavy atom. The molecule has 3 rings (SSSR count). The highest BCUT2D eigenvalue weighted by Crippen LogP contribution is 2.21. The second kappa shape index (κ2) is 9.85. The minimum atomic E-state index is -0.175. The molecule has 1 heterocycles. The summed E-state index contributed by atoms with van der Waals surface area (Å²) in [4.78, 5) is 18.8. The summed E-state index contributed by atoms with van der Waals surface area (Å²) in [6.07, 6.45) is 3.57. The Morgan fingerprint density at radius 3 is 2.10 bits per heavy atom. The Hall–Kier alpha value is -3.18. The number of aromatic nitrogens is 1. The molecule has 2 unspecified atom stereocenters. The molecule has 2 N–H and O–H groups in total. The number of carbonyl (C=O) groups excluding carboxylic acids is 1. The molecule has 0 saturated carbocycles. The number of pyridine rings is 1. The van der Waals surface area contributed by atoms with Crippen LogP contribution < -0.4 is 10.6 Å². The predicted molar refractivity (Wildman–Crippen MR) is 117 cm³/mol. The summed E-state index contributed by atoms with van der Waals surface area (Å²) in [5, 5.41) is 6.15. The van der Waals surface area contributed by atoms with Gasteiger partial charge in [0, 0.05) is 18.9 Å². The third-order valence-electron chi connectivity index (χ3n) is 4.83. The number of urea groups is 1. The molecule has 5 nitrogen and oxygen atoms in total. The highest BCUT2D eigenvalue weighted by Gasteiger charge is 2.17. The third-order valence-corrected chi connectivity index (χ3v) is 4.83. The molecular formula is C24H28N4O. The van der Waals surface area contributed by atoms with E-state index < -0.39 is 0 Å². The Bertz CT molecular complexity index is 895. The van der Waals surface area contributed by atoms with Crippen molar-refractivity contribution < 1.29 is 4.79 Å². The highest BCUT2D eigenvalue weighted by atomic mass is 16.2. The van der Waals surface area contributed by atoms with Crippen molar-refractivity contribution >= 4 is 6.03 Å². The van der Waals surface area contributed by atoms with Crippen molar-refractivity contribution in [3.8, 4) is 11.1 Å². The normalized spacial score (nSPS) is 13.0. The van der Waals surface area contributed by atoms with Crippen molar-refractivity contribution in [2.75, 3.05) is 20.6 Å². The lowest BCUT2D eigenvalue weighted by molar-refractivity contribution is 0.230. The summed E-state index contributed by atoms with van der Waals surface area (Å²) in [5.74, 6) is 0. The van der Waals surface area contributed by atoms with Gasteiger partial charge in [-0.2, -0.15) is 0 Å². The number of nitrogens with one attached hydrogen (secondary N) is 2. The van der Waals surface area contributed by atoms with Gasteiger partial charge >= 0.3 is 6.03 Å². The topological polar surface area (TPSA) is 57.3 Å². The zero-order valence-electron chi connectivity index (χ0n) is 17.2. The van der Waals surface area contributed by atoms with Crippen LogP contribution in [0.15, 0.2) is 79.1 Å². The largest absolute Gasteiger partial charge is 0.332 e. The van der Waals surface area contributed by atoms with Crippen LogP contribution >= 0.6 is 0 Å². The summed E-state index contributed by atoms with van der Waals surface area (Å²) in [6.45, 7) is 2.72. The van der Waals surface area contributed by atoms with Crippen molar-refractivity contribution in [2.45, 2.75) is 19.0 Å². The zero-order chi connectivity index (χ0) is 20.6. The van der Waals surface area contributed by atoms with E-state index in [1.807, 2.05) is 63.5 Å². The summed E-state index contributed by atoms with van der Waals surface area (Å²) in [5.41, 5.74) is 4.40. The summed E-state index contributed by atoms with van der Waals surface area (Å²) in [6, 6.07) is 21.9. The van der Waals surface area contributed by atoms with Gasteiger partial charge in [0.25, 0.3) is 0 Å². The van der Waals surface area contributed by atoms with Gasteiger partial charge in [0.1, 0.15) is 0 Å². The maximum atomic E-state index is 12.6.